The molecule has 1 atom stereocenters. The lowest BCUT2D eigenvalue weighted by Gasteiger charge is -2.09. The molecule has 0 aliphatic rings. The Hall–Kier alpha value is -2.94. The van der Waals surface area contributed by atoms with Crippen molar-refractivity contribution in [2.75, 3.05) is 5.32 Å². The number of carbonyl (C=O) groups excluding carboxylic acids is 2. The molecule has 0 aliphatic heterocycles. The van der Waals surface area contributed by atoms with E-state index in [2.05, 4.69) is 17.3 Å². The fourth-order valence-electron chi connectivity index (χ4n) is 2.30. The van der Waals surface area contributed by atoms with Gasteiger partial charge in [-0.1, -0.05) is 25.5 Å². The number of unbranched alkanes of at least 4 members (excludes halogenated alkanes) is 1. The Morgan fingerprint density at radius 2 is 2.04 bits per heavy atom. The number of amides is 1. The molecule has 6 nitrogen and oxygen atoms in total. The van der Waals surface area contributed by atoms with Crippen LogP contribution in [0.4, 0.5) is 5.69 Å². The molecule has 0 spiro atoms. The Morgan fingerprint density at radius 3 is 2.58 bits per heavy atom. The number of nitriles is 1. The molecule has 0 radical (unpaired) electrons. The maximum atomic E-state index is 12.3. The van der Waals surface area contributed by atoms with Crippen LogP contribution in [-0.2, 0) is 18.3 Å². The van der Waals surface area contributed by atoms with Crippen molar-refractivity contribution in [2.45, 2.75) is 26.2 Å². The second kappa shape index (κ2) is 8.06. The van der Waals surface area contributed by atoms with E-state index in [9.17, 15) is 14.9 Å². The van der Waals surface area contributed by atoms with Gasteiger partial charge < -0.3 is 5.32 Å². The standard InChI is InChI=1S/C18H20N4O2/c1-3-4-5-13-6-8-15(9-7-13)21-18(24)16(10-19)17(23)14-11-20-22(2)12-14/h6-9,11-12,16H,3-5H2,1-2H3,(H,21,24). The van der Waals surface area contributed by atoms with E-state index >= 15 is 0 Å². The maximum absolute atomic E-state index is 12.3. The van der Waals surface area contributed by atoms with Crippen LogP contribution in [-0.4, -0.2) is 21.5 Å². The molecule has 0 fully saturated rings. The molecule has 6 heteroatoms. The van der Waals surface area contributed by atoms with Crippen molar-refractivity contribution in [3.63, 3.8) is 0 Å². The fourth-order valence-corrected chi connectivity index (χ4v) is 2.30. The number of ketones is 1. The SMILES string of the molecule is CCCCc1ccc(NC(=O)C(C#N)C(=O)c2cnn(C)c2)cc1. The van der Waals surface area contributed by atoms with Gasteiger partial charge in [0.25, 0.3) is 0 Å². The summed E-state index contributed by atoms with van der Waals surface area (Å²) in [7, 11) is 1.67. The Labute approximate surface area is 141 Å². The molecule has 24 heavy (non-hydrogen) atoms. The van der Waals surface area contributed by atoms with Crippen molar-refractivity contribution in [1.82, 2.24) is 9.78 Å². The first-order valence-corrected chi connectivity index (χ1v) is 7.87. The van der Waals surface area contributed by atoms with Crippen LogP contribution in [0.1, 0.15) is 35.7 Å². The molecule has 1 N–H and O–H groups in total. The van der Waals surface area contributed by atoms with Crippen molar-refractivity contribution in [2.24, 2.45) is 13.0 Å². The molecule has 1 amide bonds. The highest BCUT2D eigenvalue weighted by Crippen LogP contribution is 2.15. The van der Waals surface area contributed by atoms with E-state index in [-0.39, 0.29) is 5.56 Å². The first kappa shape index (κ1) is 17.4. The van der Waals surface area contributed by atoms with Crippen molar-refractivity contribution in [3.8, 4) is 6.07 Å². The Bertz CT molecular complexity index is 756. The summed E-state index contributed by atoms with van der Waals surface area (Å²) in [5, 5.41) is 15.7. The van der Waals surface area contributed by atoms with Crippen molar-refractivity contribution in [3.05, 3.63) is 47.8 Å². The summed E-state index contributed by atoms with van der Waals surface area (Å²) in [5.74, 6) is -2.58. The van der Waals surface area contributed by atoms with Crippen LogP contribution in [0, 0.1) is 17.2 Å². The lowest BCUT2D eigenvalue weighted by Crippen LogP contribution is -2.28. The largest absolute Gasteiger partial charge is 0.325 e. The molecule has 1 heterocycles. The van der Waals surface area contributed by atoms with Crippen LogP contribution in [0.5, 0.6) is 0 Å². The molecular weight excluding hydrogens is 304 g/mol. The zero-order valence-electron chi connectivity index (χ0n) is 13.8. The molecule has 2 aromatic rings. The van der Waals surface area contributed by atoms with Crippen molar-refractivity contribution in [1.29, 1.82) is 5.26 Å². The smallest absolute Gasteiger partial charge is 0.249 e. The van der Waals surface area contributed by atoms with E-state index in [1.807, 2.05) is 12.1 Å². The van der Waals surface area contributed by atoms with Gasteiger partial charge in [0, 0.05) is 18.9 Å². The predicted octanol–water partition coefficient (Wildman–Crippen LogP) is 2.72. The number of nitrogens with one attached hydrogen (secondary N) is 1. The van der Waals surface area contributed by atoms with Crippen molar-refractivity contribution < 1.29 is 9.59 Å². The molecule has 0 bridgehead atoms. The maximum Gasteiger partial charge on any atom is 0.249 e. The summed E-state index contributed by atoms with van der Waals surface area (Å²) < 4.78 is 1.45. The molecule has 1 aromatic heterocycles. The Morgan fingerprint density at radius 1 is 1.33 bits per heavy atom. The number of carbonyl (C=O) groups is 2. The highest BCUT2D eigenvalue weighted by molar-refractivity contribution is 6.15. The van der Waals surface area contributed by atoms with E-state index in [4.69, 9.17) is 0 Å². The van der Waals surface area contributed by atoms with E-state index in [1.54, 1.807) is 25.2 Å². The zero-order chi connectivity index (χ0) is 17.5. The molecule has 0 saturated carbocycles. The number of nitrogens with zero attached hydrogens (tertiary/aromatic N) is 3. The second-order valence-corrected chi connectivity index (χ2v) is 5.62. The average Bonchev–Trinajstić information content (AvgIpc) is 3.01. The molecule has 1 aromatic carbocycles. The summed E-state index contributed by atoms with van der Waals surface area (Å²) >= 11 is 0. The number of aromatic nitrogens is 2. The predicted molar refractivity (Wildman–Crippen MR) is 90.3 cm³/mol. The second-order valence-electron chi connectivity index (χ2n) is 5.62. The van der Waals surface area contributed by atoms with Crippen LogP contribution in [0.3, 0.4) is 0 Å². The van der Waals surface area contributed by atoms with Crippen LogP contribution >= 0.6 is 0 Å². The van der Waals surface area contributed by atoms with Gasteiger partial charge in [0.2, 0.25) is 5.91 Å². The van der Waals surface area contributed by atoms with Crippen LogP contribution in [0.25, 0.3) is 0 Å². The Kier molecular flexibility index (Phi) is 5.85. The van der Waals surface area contributed by atoms with Crippen LogP contribution in [0.2, 0.25) is 0 Å². The summed E-state index contributed by atoms with van der Waals surface area (Å²) in [5.41, 5.74) is 2.01. The first-order chi connectivity index (χ1) is 11.5. The number of rotatable bonds is 7. The number of Topliss-reactive ketones (excluding diaryl/α,β-unsaturated/α-hetero) is 1. The highest BCUT2D eigenvalue weighted by atomic mass is 16.2. The lowest BCUT2D eigenvalue weighted by atomic mass is 10.0. The molecule has 1 unspecified atom stereocenters. The third kappa shape index (κ3) is 4.29. The monoisotopic (exact) mass is 324 g/mol. The van der Waals surface area contributed by atoms with E-state index < -0.39 is 17.6 Å². The minimum atomic E-state index is -1.39. The minimum absolute atomic E-state index is 0.245. The van der Waals surface area contributed by atoms with Gasteiger partial charge in [0.1, 0.15) is 0 Å². The molecule has 2 rings (SSSR count). The topological polar surface area (TPSA) is 87.8 Å². The lowest BCUT2D eigenvalue weighted by molar-refractivity contribution is -0.117. The average molecular weight is 324 g/mol. The van der Waals surface area contributed by atoms with E-state index in [0.717, 1.165) is 19.3 Å². The minimum Gasteiger partial charge on any atom is -0.325 e. The van der Waals surface area contributed by atoms with Gasteiger partial charge in [-0.25, -0.2) is 0 Å². The number of hydrogen-bond acceptors (Lipinski definition) is 4. The van der Waals surface area contributed by atoms with Gasteiger partial charge in [0.15, 0.2) is 11.7 Å². The summed E-state index contributed by atoms with van der Waals surface area (Å²) in [4.78, 5) is 24.5. The normalized spacial score (nSPS) is 11.5. The van der Waals surface area contributed by atoms with Crippen molar-refractivity contribution >= 4 is 17.4 Å². The number of hydrogen-bond donors (Lipinski definition) is 1. The number of benzene rings is 1. The first-order valence-electron chi connectivity index (χ1n) is 7.87. The number of aryl methyl sites for hydroxylation is 2. The van der Waals surface area contributed by atoms with Crippen LogP contribution < -0.4 is 5.32 Å². The summed E-state index contributed by atoms with van der Waals surface area (Å²) in [6.07, 6.45) is 6.07. The third-order valence-electron chi connectivity index (χ3n) is 3.68. The van der Waals surface area contributed by atoms with E-state index in [0.29, 0.717) is 5.69 Å². The molecule has 0 saturated heterocycles. The Balaban J connectivity index is 2.04. The number of anilines is 1. The van der Waals surface area contributed by atoms with Gasteiger partial charge >= 0.3 is 0 Å². The third-order valence-corrected chi connectivity index (χ3v) is 3.68. The quantitative estimate of drug-likeness (QED) is 0.626. The molecule has 124 valence electrons. The fraction of sp³-hybridized carbons (Fsp3) is 0.333. The van der Waals surface area contributed by atoms with Gasteiger partial charge in [0.05, 0.1) is 17.8 Å². The van der Waals surface area contributed by atoms with Gasteiger partial charge in [-0.05, 0) is 30.5 Å². The van der Waals surface area contributed by atoms with Gasteiger partial charge in [-0.3, -0.25) is 14.3 Å². The highest BCUT2D eigenvalue weighted by Gasteiger charge is 2.28. The van der Waals surface area contributed by atoms with Crippen LogP contribution in [0.15, 0.2) is 36.7 Å². The molecular formula is C18H20N4O2. The summed E-state index contributed by atoms with van der Waals surface area (Å²) in [6.45, 7) is 2.13. The summed E-state index contributed by atoms with van der Waals surface area (Å²) in [6, 6.07) is 9.22. The molecule has 0 aliphatic carbocycles. The van der Waals surface area contributed by atoms with Gasteiger partial charge in [-0.15, -0.1) is 0 Å². The zero-order valence-corrected chi connectivity index (χ0v) is 13.8. The van der Waals surface area contributed by atoms with E-state index in [1.165, 1.54) is 22.6 Å². The van der Waals surface area contributed by atoms with Gasteiger partial charge in [-0.2, -0.15) is 10.4 Å².